The first-order valence-corrected chi connectivity index (χ1v) is 7.51. The first kappa shape index (κ1) is 15.6. The van der Waals surface area contributed by atoms with Crippen LogP contribution in [-0.4, -0.2) is 65.5 Å². The zero-order chi connectivity index (χ0) is 16.2. The van der Waals surface area contributed by atoms with Crippen molar-refractivity contribution in [2.24, 2.45) is 0 Å². The smallest absolute Gasteiger partial charge is 0.254 e. The van der Waals surface area contributed by atoms with Crippen molar-refractivity contribution >= 4 is 5.91 Å². The van der Waals surface area contributed by atoms with Crippen molar-refractivity contribution < 1.29 is 14.3 Å². The highest BCUT2D eigenvalue weighted by molar-refractivity contribution is 5.95. The van der Waals surface area contributed by atoms with Gasteiger partial charge in [-0.15, -0.1) is 0 Å². The van der Waals surface area contributed by atoms with Crippen molar-refractivity contribution in [2.75, 3.05) is 27.4 Å². The minimum atomic E-state index is -0.0204. The second-order valence-electron chi connectivity index (χ2n) is 5.57. The molecule has 2 heterocycles. The van der Waals surface area contributed by atoms with Gasteiger partial charge in [0.2, 0.25) is 0 Å². The Morgan fingerprint density at radius 1 is 1.43 bits per heavy atom. The summed E-state index contributed by atoms with van der Waals surface area (Å²) in [5.74, 6) is 0.622. The predicted octanol–water partition coefficient (Wildman–Crippen LogP) is 1.35. The number of hydrogen-bond acceptors (Lipinski definition) is 5. The molecule has 1 aliphatic rings. The first-order chi connectivity index (χ1) is 11.2. The number of nitrogens with one attached hydrogen (secondary N) is 1. The first-order valence-electron chi connectivity index (χ1n) is 7.51. The topological polar surface area (TPSA) is 80.3 Å². The molecule has 122 valence electrons. The van der Waals surface area contributed by atoms with E-state index >= 15 is 0 Å². The molecule has 0 bridgehead atoms. The number of amides is 1. The minimum Gasteiger partial charge on any atom is -0.383 e. The van der Waals surface area contributed by atoms with Gasteiger partial charge in [-0.25, -0.2) is 4.98 Å². The van der Waals surface area contributed by atoms with Crippen LogP contribution in [0.15, 0.2) is 30.6 Å². The molecule has 1 aromatic heterocycles. The second-order valence-corrected chi connectivity index (χ2v) is 5.57. The molecule has 0 radical (unpaired) electrons. The van der Waals surface area contributed by atoms with Crippen molar-refractivity contribution in [3.63, 3.8) is 0 Å². The largest absolute Gasteiger partial charge is 0.383 e. The molecule has 0 aliphatic carbocycles. The van der Waals surface area contributed by atoms with Gasteiger partial charge in [0.15, 0.2) is 5.82 Å². The number of aromatic nitrogens is 3. The number of hydrogen-bond donors (Lipinski definition) is 1. The molecule has 0 unspecified atom stereocenters. The van der Waals surface area contributed by atoms with E-state index in [9.17, 15) is 4.79 Å². The highest BCUT2D eigenvalue weighted by Gasteiger charge is 2.35. The highest BCUT2D eigenvalue weighted by atomic mass is 16.5. The lowest BCUT2D eigenvalue weighted by molar-refractivity contribution is 0.0612. The SMILES string of the molecule is COC[C@@H]1C[C@H](OC)CN1C(=O)c1cccc(-c2ncn[nH]2)c1. The summed E-state index contributed by atoms with van der Waals surface area (Å²) in [5.41, 5.74) is 1.45. The third kappa shape index (κ3) is 3.25. The Balaban J connectivity index is 1.83. The molecule has 1 N–H and O–H groups in total. The number of nitrogens with zero attached hydrogens (tertiary/aromatic N) is 3. The summed E-state index contributed by atoms with van der Waals surface area (Å²) in [6.07, 6.45) is 2.29. The number of benzene rings is 1. The monoisotopic (exact) mass is 316 g/mol. The fourth-order valence-electron chi connectivity index (χ4n) is 2.95. The third-order valence-corrected chi connectivity index (χ3v) is 4.13. The molecule has 3 rings (SSSR count). The van der Waals surface area contributed by atoms with Crippen LogP contribution in [-0.2, 0) is 9.47 Å². The maximum atomic E-state index is 12.9. The number of ether oxygens (including phenoxy) is 2. The minimum absolute atomic E-state index is 0.0204. The van der Waals surface area contributed by atoms with E-state index in [-0.39, 0.29) is 18.1 Å². The van der Waals surface area contributed by atoms with Gasteiger partial charge in [-0.05, 0) is 18.6 Å². The number of carbonyl (C=O) groups excluding carboxylic acids is 1. The summed E-state index contributed by atoms with van der Waals surface area (Å²) in [7, 11) is 3.32. The van der Waals surface area contributed by atoms with Gasteiger partial charge in [0.05, 0.1) is 18.8 Å². The molecule has 23 heavy (non-hydrogen) atoms. The number of carbonyl (C=O) groups is 1. The van der Waals surface area contributed by atoms with E-state index < -0.39 is 0 Å². The van der Waals surface area contributed by atoms with E-state index in [1.165, 1.54) is 6.33 Å². The van der Waals surface area contributed by atoms with Gasteiger partial charge in [0.25, 0.3) is 5.91 Å². The van der Waals surface area contributed by atoms with Crippen molar-refractivity contribution in [1.82, 2.24) is 20.1 Å². The van der Waals surface area contributed by atoms with E-state index in [0.29, 0.717) is 24.5 Å². The number of rotatable bonds is 5. The number of likely N-dealkylation sites (tertiary alicyclic amines) is 1. The van der Waals surface area contributed by atoms with Crippen LogP contribution in [0.1, 0.15) is 16.8 Å². The van der Waals surface area contributed by atoms with Gasteiger partial charge in [0.1, 0.15) is 6.33 Å². The Kier molecular flexibility index (Phi) is 4.68. The lowest BCUT2D eigenvalue weighted by Crippen LogP contribution is -2.38. The zero-order valence-corrected chi connectivity index (χ0v) is 13.2. The molecule has 1 aromatic carbocycles. The van der Waals surface area contributed by atoms with Gasteiger partial charge in [-0.1, -0.05) is 12.1 Å². The molecule has 1 saturated heterocycles. The van der Waals surface area contributed by atoms with Gasteiger partial charge in [0, 0.05) is 31.9 Å². The van der Waals surface area contributed by atoms with Crippen LogP contribution in [0.5, 0.6) is 0 Å². The molecule has 2 aromatic rings. The van der Waals surface area contributed by atoms with E-state index in [1.54, 1.807) is 14.2 Å². The fourth-order valence-corrected chi connectivity index (χ4v) is 2.95. The Morgan fingerprint density at radius 3 is 3.00 bits per heavy atom. The van der Waals surface area contributed by atoms with Gasteiger partial charge >= 0.3 is 0 Å². The van der Waals surface area contributed by atoms with Gasteiger partial charge < -0.3 is 14.4 Å². The summed E-state index contributed by atoms with van der Waals surface area (Å²) < 4.78 is 10.7. The average molecular weight is 316 g/mol. The Morgan fingerprint density at radius 2 is 2.30 bits per heavy atom. The molecular formula is C16H20N4O3. The van der Waals surface area contributed by atoms with Gasteiger partial charge in [-0.3, -0.25) is 9.89 Å². The summed E-state index contributed by atoms with van der Waals surface area (Å²) in [6, 6.07) is 7.41. The molecule has 7 nitrogen and oxygen atoms in total. The quantitative estimate of drug-likeness (QED) is 0.900. The Bertz CT molecular complexity index is 659. The van der Waals surface area contributed by atoms with E-state index in [1.807, 2.05) is 29.2 Å². The van der Waals surface area contributed by atoms with Crippen LogP contribution in [0.2, 0.25) is 0 Å². The molecule has 7 heteroatoms. The molecule has 1 fully saturated rings. The van der Waals surface area contributed by atoms with Crippen LogP contribution in [0.25, 0.3) is 11.4 Å². The van der Waals surface area contributed by atoms with E-state index in [4.69, 9.17) is 9.47 Å². The van der Waals surface area contributed by atoms with Crippen LogP contribution < -0.4 is 0 Å². The van der Waals surface area contributed by atoms with Crippen LogP contribution in [0, 0.1) is 0 Å². The lowest BCUT2D eigenvalue weighted by atomic mass is 10.1. The molecule has 0 spiro atoms. The van der Waals surface area contributed by atoms with Crippen molar-refractivity contribution in [1.29, 1.82) is 0 Å². The molecular weight excluding hydrogens is 296 g/mol. The van der Waals surface area contributed by atoms with Crippen LogP contribution in [0.4, 0.5) is 0 Å². The second kappa shape index (κ2) is 6.89. The van der Waals surface area contributed by atoms with E-state index in [2.05, 4.69) is 15.2 Å². The predicted molar refractivity (Wildman–Crippen MR) is 83.9 cm³/mol. The van der Waals surface area contributed by atoms with E-state index in [0.717, 1.165) is 12.0 Å². The Hall–Kier alpha value is -2.25. The fraction of sp³-hybridized carbons (Fsp3) is 0.438. The van der Waals surface area contributed by atoms with Crippen molar-refractivity contribution in [2.45, 2.75) is 18.6 Å². The number of aromatic amines is 1. The number of methoxy groups -OCH3 is 2. The summed E-state index contributed by atoms with van der Waals surface area (Å²) in [5, 5.41) is 6.65. The molecule has 1 aliphatic heterocycles. The van der Waals surface area contributed by atoms with Crippen LogP contribution >= 0.6 is 0 Å². The summed E-state index contributed by atoms with van der Waals surface area (Å²) in [6.45, 7) is 1.09. The summed E-state index contributed by atoms with van der Waals surface area (Å²) >= 11 is 0. The standard InChI is InChI=1S/C16H20N4O3/c1-22-9-13-7-14(23-2)8-20(13)16(21)12-5-3-4-11(6-12)15-17-10-18-19-15/h3-6,10,13-14H,7-9H2,1-2H3,(H,17,18,19)/t13-,14-/m0/s1. The normalized spacial score (nSPS) is 20.9. The van der Waals surface area contributed by atoms with Gasteiger partial charge in [-0.2, -0.15) is 5.10 Å². The third-order valence-electron chi connectivity index (χ3n) is 4.13. The Labute approximate surface area is 134 Å². The molecule has 0 saturated carbocycles. The maximum absolute atomic E-state index is 12.9. The van der Waals surface area contributed by atoms with Crippen molar-refractivity contribution in [3.05, 3.63) is 36.2 Å². The average Bonchev–Trinajstić information content (AvgIpc) is 3.24. The molecule has 1 amide bonds. The summed E-state index contributed by atoms with van der Waals surface area (Å²) in [4.78, 5) is 18.8. The lowest BCUT2D eigenvalue weighted by Gasteiger charge is -2.24. The maximum Gasteiger partial charge on any atom is 0.254 e. The van der Waals surface area contributed by atoms with Crippen molar-refractivity contribution in [3.8, 4) is 11.4 Å². The van der Waals surface area contributed by atoms with Crippen LogP contribution in [0.3, 0.4) is 0 Å². The zero-order valence-electron chi connectivity index (χ0n) is 13.2. The molecule has 2 atom stereocenters. The highest BCUT2D eigenvalue weighted by Crippen LogP contribution is 2.24. The number of H-pyrrole nitrogens is 1.